The van der Waals surface area contributed by atoms with Crippen LogP contribution < -0.4 is 20.3 Å². The van der Waals surface area contributed by atoms with Crippen LogP contribution in [0.4, 0.5) is 49.4 Å². The van der Waals surface area contributed by atoms with E-state index in [1.54, 1.807) is 41.8 Å². The van der Waals surface area contributed by atoms with Gasteiger partial charge in [-0.3, -0.25) is 24.6 Å². The highest BCUT2D eigenvalue weighted by Crippen LogP contribution is 2.46. The van der Waals surface area contributed by atoms with Crippen molar-refractivity contribution in [2.75, 3.05) is 45.6 Å². The molecule has 0 aliphatic carbocycles. The third kappa shape index (κ3) is 15.0. The minimum atomic E-state index is -4.94. The van der Waals surface area contributed by atoms with Crippen LogP contribution in [0.15, 0.2) is 97.1 Å². The molecule has 7 rings (SSSR count). The largest absolute Gasteiger partial charge is 0.465 e. The lowest BCUT2D eigenvalue weighted by Gasteiger charge is -2.17. The summed E-state index contributed by atoms with van der Waals surface area (Å²) in [6, 6.07) is 16.4. The summed E-state index contributed by atoms with van der Waals surface area (Å²) in [6.45, 7) is 2.67. The van der Waals surface area contributed by atoms with Crippen LogP contribution in [0.5, 0.6) is 11.5 Å². The van der Waals surface area contributed by atoms with E-state index in [1.807, 2.05) is 0 Å². The first-order valence-electron chi connectivity index (χ1n) is 20.9. The molecule has 0 bridgehead atoms. The SMILES string of the molecule is CC(=O)Nc1nc(C)c(Oc2cccc(C(F)(F)F)c2)c(=O)[nH]1.COC(=O)c1cc(C#N)c(Sc2c([N+](=O)OC)cc(C(F)(F)F)cc2[N+](=O)OC)nc1C(OC)OC.O=S(=O)(Nc1cccc2nsnc12)c1cccs1. The molecule has 3 N–H and O–H groups in total. The molecule has 23 nitrogen and oxygen atoms in total. The van der Waals surface area contributed by atoms with E-state index < -0.39 is 73.5 Å². The van der Waals surface area contributed by atoms with E-state index in [2.05, 4.69) is 43.4 Å². The number of hydrogen-bond donors (Lipinski definition) is 3. The Morgan fingerprint density at radius 1 is 0.857 bits per heavy atom. The number of nitrogens with zero attached hydrogens (tertiary/aromatic N) is 7. The van der Waals surface area contributed by atoms with E-state index in [1.165, 1.54) is 51.5 Å². The normalized spacial score (nSPS) is 11.3. The van der Waals surface area contributed by atoms with E-state index >= 15 is 0 Å². The number of nitrogens with one attached hydrogen (secondary N) is 3. The van der Waals surface area contributed by atoms with Gasteiger partial charge in [-0.2, -0.15) is 40.4 Å². The van der Waals surface area contributed by atoms with Crippen molar-refractivity contribution in [3.8, 4) is 17.6 Å². The number of alkyl halides is 6. The van der Waals surface area contributed by atoms with Crippen LogP contribution in [0.1, 0.15) is 51.6 Å². The number of ether oxygens (including phenoxy) is 4. The number of esters is 1. The molecule has 77 heavy (non-hydrogen) atoms. The summed E-state index contributed by atoms with van der Waals surface area (Å²) < 4.78 is 134. The van der Waals surface area contributed by atoms with Crippen LogP contribution in [-0.2, 0) is 51.1 Å². The van der Waals surface area contributed by atoms with Gasteiger partial charge in [0.15, 0.2) is 19.1 Å². The Morgan fingerprint density at radius 3 is 2.03 bits per heavy atom. The number of anilines is 2. The first kappa shape index (κ1) is 59.7. The number of fused-ring (bicyclic) bond motifs is 1. The van der Waals surface area contributed by atoms with E-state index in [0.29, 0.717) is 40.6 Å². The van der Waals surface area contributed by atoms with E-state index in [9.17, 15) is 64.2 Å². The van der Waals surface area contributed by atoms with E-state index in [-0.39, 0.29) is 59.0 Å². The zero-order chi connectivity index (χ0) is 57.0. The molecule has 0 fully saturated rings. The van der Waals surface area contributed by atoms with Crippen LogP contribution in [0, 0.1) is 28.1 Å². The molecule has 4 heterocycles. The van der Waals surface area contributed by atoms with Crippen molar-refractivity contribution < 1.29 is 82.8 Å². The van der Waals surface area contributed by atoms with E-state index in [4.69, 9.17) is 18.9 Å². The van der Waals surface area contributed by atoms with Crippen molar-refractivity contribution in [2.24, 2.45) is 0 Å². The molecule has 7 aromatic rings. The molecular formula is C44H38F6N10O13S4+2. The molecule has 3 aromatic carbocycles. The quantitative estimate of drug-likeness (QED) is 0.0351. The van der Waals surface area contributed by atoms with Gasteiger partial charge < -0.3 is 18.9 Å². The summed E-state index contributed by atoms with van der Waals surface area (Å²) in [4.78, 5) is 78.3. The molecule has 406 valence electrons. The van der Waals surface area contributed by atoms with Crippen LogP contribution in [0.3, 0.4) is 0 Å². The molecule has 0 unspecified atom stereocenters. The highest BCUT2D eigenvalue weighted by Gasteiger charge is 2.42. The Morgan fingerprint density at radius 2 is 1.49 bits per heavy atom. The number of hydrogen-bond acceptors (Lipinski definition) is 21. The number of carbonyl (C=O) groups excluding carboxylic acids is 2. The monoisotopic (exact) mass is 1160 g/mol. The smallest absolute Gasteiger partial charge is 0.416 e. The maximum atomic E-state index is 13.5. The summed E-state index contributed by atoms with van der Waals surface area (Å²) in [5, 5.41) is 13.5. The van der Waals surface area contributed by atoms with Crippen LogP contribution in [0.25, 0.3) is 11.0 Å². The number of amides is 1. The average molecular weight is 1160 g/mol. The Bertz CT molecular complexity index is 3500. The summed E-state index contributed by atoms with van der Waals surface area (Å²) in [5.41, 5.74) is -3.17. The number of aromatic nitrogens is 5. The molecule has 0 saturated heterocycles. The Hall–Kier alpha value is -8.16. The van der Waals surface area contributed by atoms with Gasteiger partial charge in [0.25, 0.3) is 25.4 Å². The number of aryl methyl sites for hydroxylation is 1. The Kier molecular flexibility index (Phi) is 19.8. The first-order chi connectivity index (χ1) is 36.3. The topological polar surface area (TPSA) is 296 Å². The van der Waals surface area contributed by atoms with Crippen molar-refractivity contribution in [2.45, 2.75) is 46.6 Å². The fourth-order valence-corrected chi connectivity index (χ4v) is 9.78. The van der Waals surface area contributed by atoms with Crippen LogP contribution >= 0.6 is 34.8 Å². The summed E-state index contributed by atoms with van der Waals surface area (Å²) in [5.74, 6) is -1.78. The van der Waals surface area contributed by atoms with Gasteiger partial charge in [-0.25, -0.2) is 32.9 Å². The number of carbonyl (C=O) groups is 2. The standard InChI is InChI=1S/C20H19F3N4O8S.C14H12F3N3O3.C10H7N3O2S3/c1-31-18(28)12-6-10(9-24)17(25-15(12)19(32-2)33-3)36-16-13(26(29)34-4)7-11(20(21,22)23)8-14(16)27(30)35-5;1-7-11(12(22)20-13(18-7)19-8(2)21)23-10-5-3-4-9(6-10)14(15,16)17;14-18(15,9-5-2-6-16-9)13-8-4-1-3-7-10(8)12-17-11-7/h6-8,19H,1-5H3;3-6H,1-2H3,(H2,18,19,20,21,22);1-6,13H/q+2;;. The van der Waals surface area contributed by atoms with Gasteiger partial charge in [-0.1, -0.05) is 30.0 Å². The van der Waals surface area contributed by atoms with Crippen LogP contribution in [-0.4, -0.2) is 89.4 Å². The molecule has 0 atom stereocenters. The average Bonchev–Trinajstić information content (AvgIpc) is 4.13. The zero-order valence-corrected chi connectivity index (χ0v) is 43.7. The van der Waals surface area contributed by atoms with Crippen LogP contribution in [0.2, 0.25) is 0 Å². The highest BCUT2D eigenvalue weighted by atomic mass is 32.2. The maximum absolute atomic E-state index is 13.5. The molecule has 1 amide bonds. The second kappa shape index (κ2) is 25.6. The number of thiophene rings is 1. The second-order valence-corrected chi connectivity index (χ2v) is 19.0. The van der Waals surface area contributed by atoms with Gasteiger partial charge in [0.2, 0.25) is 23.9 Å². The van der Waals surface area contributed by atoms with Gasteiger partial charge >= 0.3 is 29.7 Å². The number of sulfonamides is 1. The molecule has 0 saturated carbocycles. The van der Waals surface area contributed by atoms with Crippen molar-refractivity contribution in [1.29, 1.82) is 5.26 Å². The summed E-state index contributed by atoms with van der Waals surface area (Å²) >= 11 is 2.70. The van der Waals surface area contributed by atoms with Crippen molar-refractivity contribution >= 4 is 90.8 Å². The minimum Gasteiger partial charge on any atom is -0.465 e. The Labute approximate surface area is 442 Å². The third-order valence-electron chi connectivity index (χ3n) is 9.51. The fraction of sp³-hybridized carbons (Fsp3) is 0.227. The third-order valence-corrected chi connectivity index (χ3v) is 13.9. The number of pyridine rings is 1. The predicted octanol–water partition coefficient (Wildman–Crippen LogP) is 9.55. The van der Waals surface area contributed by atoms with Gasteiger partial charge in [-0.05, 0) is 54.8 Å². The summed E-state index contributed by atoms with van der Waals surface area (Å²) in [7, 11) is 1.85. The molecule has 0 spiro atoms. The van der Waals surface area contributed by atoms with Gasteiger partial charge in [0.05, 0.1) is 62.3 Å². The molecule has 0 aliphatic rings. The molecule has 4 aromatic heterocycles. The van der Waals surface area contributed by atoms with Gasteiger partial charge in [0, 0.05) is 33.3 Å². The number of methoxy groups -OCH3 is 3. The number of nitriles is 1. The van der Waals surface area contributed by atoms with E-state index in [0.717, 1.165) is 51.3 Å². The second-order valence-electron chi connectivity index (χ2n) is 14.6. The minimum absolute atomic E-state index is 0.0728. The lowest BCUT2D eigenvalue weighted by Crippen LogP contribution is -2.18. The Balaban J connectivity index is 0.000000228. The van der Waals surface area contributed by atoms with Crippen molar-refractivity contribution in [3.63, 3.8) is 0 Å². The maximum Gasteiger partial charge on any atom is 0.416 e. The number of H-pyrrole nitrogens is 1. The van der Waals surface area contributed by atoms with Gasteiger partial charge in [0.1, 0.15) is 37.8 Å². The lowest BCUT2D eigenvalue weighted by atomic mass is 10.1. The molecule has 0 radical (unpaired) electrons. The predicted molar refractivity (Wildman–Crippen MR) is 261 cm³/mol. The number of benzene rings is 3. The first-order valence-corrected chi connectivity index (χ1v) is 24.8. The molecular weight excluding hydrogens is 1120 g/mol. The number of halogens is 6. The molecule has 0 aliphatic heterocycles. The van der Waals surface area contributed by atoms with Crippen molar-refractivity contribution in [1.82, 2.24) is 23.7 Å². The number of aromatic amines is 1. The molecule has 33 heteroatoms. The fourth-order valence-electron chi connectivity index (χ4n) is 6.15. The van der Waals surface area contributed by atoms with Gasteiger partial charge in [-0.15, -0.1) is 11.3 Å². The highest BCUT2D eigenvalue weighted by molar-refractivity contribution is 7.99. The van der Waals surface area contributed by atoms with Crippen molar-refractivity contribution in [3.05, 3.63) is 132 Å². The summed E-state index contributed by atoms with van der Waals surface area (Å²) in [6.07, 6.45) is -10.7. The number of rotatable bonds is 16. The lowest BCUT2D eigenvalue weighted by molar-refractivity contribution is -0.745. The zero-order valence-electron chi connectivity index (χ0n) is 40.4.